The monoisotopic (exact) mass is 772 g/mol. The summed E-state index contributed by atoms with van der Waals surface area (Å²) in [6.07, 6.45) is 3.74. The highest BCUT2D eigenvalue weighted by Gasteiger charge is 2.38. The molecular formula is C54H40N6. The second-order valence-corrected chi connectivity index (χ2v) is 17.1. The molecule has 2 aliphatic heterocycles. The van der Waals surface area contributed by atoms with Crippen molar-refractivity contribution in [1.82, 2.24) is 19.9 Å². The molecule has 60 heavy (non-hydrogen) atoms. The Bertz CT molecular complexity index is 3320. The van der Waals surface area contributed by atoms with Crippen molar-refractivity contribution in [1.29, 1.82) is 0 Å². The molecule has 6 aromatic carbocycles. The maximum atomic E-state index is 5.54. The molecule has 0 unspecified atom stereocenters. The number of hydrogen-bond acceptors (Lipinski definition) is 6. The standard InChI is InChI=1S/C54H40N6/c1-53(2)39-17-5-9-21-43(39)59(44-22-10-6-18-40(44)53)47-27-25-34-32-37(35-16-14-30-56-51(35)50(34)57-47)38-31-33-15-13-29-55-49(33)52-36(38)26-28-48(58-52)60-45-23-11-7-19-41(45)54(3,4)42-20-8-12-24-46(42)60/h5-32H,1-4H3. The van der Waals surface area contributed by atoms with Crippen molar-refractivity contribution in [2.24, 2.45) is 0 Å². The largest absolute Gasteiger partial charge is 0.294 e. The van der Waals surface area contributed by atoms with Crippen LogP contribution in [0.25, 0.3) is 54.7 Å². The second-order valence-electron chi connectivity index (χ2n) is 17.1. The zero-order valence-electron chi connectivity index (χ0n) is 33.8. The van der Waals surface area contributed by atoms with E-state index in [-0.39, 0.29) is 10.8 Å². The Labute approximate surface area is 348 Å². The molecule has 10 aromatic rings. The van der Waals surface area contributed by atoms with Crippen LogP contribution in [-0.2, 0) is 10.8 Å². The number of nitrogens with zero attached hydrogens (tertiary/aromatic N) is 6. The number of fused-ring (bicyclic) bond motifs is 10. The van der Waals surface area contributed by atoms with Crippen LogP contribution in [0.4, 0.5) is 34.4 Å². The Morgan fingerprint density at radius 2 is 0.783 bits per heavy atom. The first-order valence-corrected chi connectivity index (χ1v) is 20.6. The molecule has 0 fully saturated rings. The second kappa shape index (κ2) is 12.5. The lowest BCUT2D eigenvalue weighted by Crippen LogP contribution is -2.30. The summed E-state index contributed by atoms with van der Waals surface area (Å²) in [7, 11) is 0. The van der Waals surface area contributed by atoms with Crippen molar-refractivity contribution in [3.05, 3.63) is 192 Å². The van der Waals surface area contributed by atoms with Gasteiger partial charge in [0, 0.05) is 44.8 Å². The van der Waals surface area contributed by atoms with Crippen LogP contribution >= 0.6 is 0 Å². The summed E-state index contributed by atoms with van der Waals surface area (Å²) in [6, 6.07) is 56.5. The van der Waals surface area contributed by atoms with Gasteiger partial charge in [0.25, 0.3) is 0 Å². The molecule has 12 rings (SSSR count). The summed E-state index contributed by atoms with van der Waals surface area (Å²) in [4.78, 5) is 25.6. The van der Waals surface area contributed by atoms with E-state index in [2.05, 4.69) is 183 Å². The Balaban J connectivity index is 1.07. The average molecular weight is 773 g/mol. The summed E-state index contributed by atoms with van der Waals surface area (Å²) in [5.74, 6) is 1.72. The first-order chi connectivity index (χ1) is 29.3. The van der Waals surface area contributed by atoms with Crippen LogP contribution < -0.4 is 9.80 Å². The lowest BCUT2D eigenvalue weighted by Gasteiger charge is -2.41. The molecule has 0 radical (unpaired) electrons. The normalized spacial score (nSPS) is 14.9. The van der Waals surface area contributed by atoms with Crippen LogP contribution in [0.1, 0.15) is 49.9 Å². The molecule has 6 heterocycles. The van der Waals surface area contributed by atoms with Gasteiger partial charge in [-0.2, -0.15) is 0 Å². The van der Waals surface area contributed by atoms with Crippen molar-refractivity contribution in [2.45, 2.75) is 38.5 Å². The molecule has 0 amide bonds. The molecule has 2 aliphatic rings. The summed E-state index contributed by atoms with van der Waals surface area (Å²) >= 11 is 0. The van der Waals surface area contributed by atoms with Crippen molar-refractivity contribution >= 4 is 78.0 Å². The van der Waals surface area contributed by atoms with Gasteiger partial charge in [-0.15, -0.1) is 0 Å². The number of pyridine rings is 4. The van der Waals surface area contributed by atoms with E-state index in [9.17, 15) is 0 Å². The van der Waals surface area contributed by atoms with Gasteiger partial charge in [-0.25, -0.2) is 9.97 Å². The zero-order valence-corrected chi connectivity index (χ0v) is 33.8. The molecule has 0 bridgehead atoms. The number of benzene rings is 6. The van der Waals surface area contributed by atoms with E-state index < -0.39 is 0 Å². The highest BCUT2D eigenvalue weighted by Crippen LogP contribution is 2.53. The lowest BCUT2D eigenvalue weighted by molar-refractivity contribution is 0.631. The van der Waals surface area contributed by atoms with Gasteiger partial charge >= 0.3 is 0 Å². The Morgan fingerprint density at radius 3 is 1.32 bits per heavy atom. The third-order valence-corrected chi connectivity index (χ3v) is 13.1. The molecule has 6 heteroatoms. The lowest BCUT2D eigenvalue weighted by atomic mass is 9.73. The van der Waals surface area contributed by atoms with Crippen LogP contribution in [0.5, 0.6) is 0 Å². The number of hydrogen-bond donors (Lipinski definition) is 0. The third kappa shape index (κ3) is 4.82. The Kier molecular flexibility index (Phi) is 7.22. The number of aromatic nitrogens is 4. The van der Waals surface area contributed by atoms with E-state index in [1.165, 1.54) is 22.3 Å². The third-order valence-electron chi connectivity index (χ3n) is 13.1. The fourth-order valence-electron chi connectivity index (χ4n) is 10.1. The maximum absolute atomic E-state index is 5.54. The Hall–Kier alpha value is -7.44. The van der Waals surface area contributed by atoms with Gasteiger partial charge in [-0.1, -0.05) is 113 Å². The molecule has 0 atom stereocenters. The van der Waals surface area contributed by atoms with Crippen molar-refractivity contribution in [2.75, 3.05) is 9.80 Å². The van der Waals surface area contributed by atoms with Gasteiger partial charge in [0.1, 0.15) is 11.6 Å². The van der Waals surface area contributed by atoms with Gasteiger partial charge in [-0.05, 0) is 106 Å². The predicted octanol–water partition coefficient (Wildman–Crippen LogP) is 13.8. The quantitative estimate of drug-likeness (QED) is 0.167. The zero-order chi connectivity index (χ0) is 40.3. The minimum Gasteiger partial charge on any atom is -0.294 e. The average Bonchev–Trinajstić information content (AvgIpc) is 3.29. The van der Waals surface area contributed by atoms with E-state index in [4.69, 9.17) is 19.9 Å². The summed E-state index contributed by atoms with van der Waals surface area (Å²) < 4.78 is 0. The summed E-state index contributed by atoms with van der Waals surface area (Å²) in [5, 5.41) is 4.11. The van der Waals surface area contributed by atoms with Gasteiger partial charge in [-0.3, -0.25) is 19.8 Å². The summed E-state index contributed by atoms with van der Waals surface area (Å²) in [5.41, 5.74) is 14.9. The molecule has 0 saturated carbocycles. The minimum atomic E-state index is -0.164. The van der Waals surface area contributed by atoms with E-state index in [1.807, 2.05) is 24.5 Å². The molecule has 0 aliphatic carbocycles. The maximum Gasteiger partial charge on any atom is 0.138 e. The van der Waals surface area contributed by atoms with Crippen LogP contribution in [0, 0.1) is 0 Å². The predicted molar refractivity (Wildman–Crippen MR) is 247 cm³/mol. The van der Waals surface area contributed by atoms with Crippen LogP contribution in [-0.4, -0.2) is 19.9 Å². The summed E-state index contributed by atoms with van der Waals surface area (Å²) in [6.45, 7) is 9.24. The van der Waals surface area contributed by atoms with Gasteiger partial charge in [0.05, 0.1) is 44.8 Å². The molecular weight excluding hydrogens is 733 g/mol. The van der Waals surface area contributed by atoms with Crippen molar-refractivity contribution in [3.8, 4) is 11.1 Å². The fraction of sp³-hybridized carbons (Fsp3) is 0.111. The van der Waals surface area contributed by atoms with Gasteiger partial charge < -0.3 is 0 Å². The molecule has 0 N–H and O–H groups in total. The van der Waals surface area contributed by atoms with Crippen LogP contribution in [0.2, 0.25) is 0 Å². The molecule has 286 valence electrons. The molecule has 0 spiro atoms. The molecule has 4 aromatic heterocycles. The Morgan fingerprint density at radius 1 is 0.367 bits per heavy atom. The highest BCUT2D eigenvalue weighted by molar-refractivity contribution is 6.17. The number of para-hydroxylation sites is 4. The fourth-order valence-corrected chi connectivity index (χ4v) is 10.1. The topological polar surface area (TPSA) is 58.0 Å². The molecule has 0 saturated heterocycles. The van der Waals surface area contributed by atoms with Crippen molar-refractivity contribution in [3.63, 3.8) is 0 Å². The van der Waals surface area contributed by atoms with Gasteiger partial charge in [0.15, 0.2) is 0 Å². The van der Waals surface area contributed by atoms with E-state index in [0.717, 1.165) is 89.1 Å². The first kappa shape index (κ1) is 34.6. The number of anilines is 6. The molecule has 6 nitrogen and oxygen atoms in total. The first-order valence-electron chi connectivity index (χ1n) is 20.6. The van der Waals surface area contributed by atoms with Crippen LogP contribution in [0.3, 0.4) is 0 Å². The van der Waals surface area contributed by atoms with Crippen molar-refractivity contribution < 1.29 is 0 Å². The SMILES string of the molecule is CC1(C)c2ccccc2N(c2ccc3cc(-c4cc5cccnc5c5nc(N6c7ccccc7C(C)(C)c7ccccc76)ccc45)c4cccnc4c3n2)c2ccccc21. The van der Waals surface area contributed by atoms with Crippen LogP contribution in [0.15, 0.2) is 170 Å². The smallest absolute Gasteiger partial charge is 0.138 e. The van der Waals surface area contributed by atoms with Gasteiger partial charge in [0.2, 0.25) is 0 Å². The number of rotatable bonds is 3. The minimum absolute atomic E-state index is 0.156. The van der Waals surface area contributed by atoms with E-state index >= 15 is 0 Å². The highest BCUT2D eigenvalue weighted by atomic mass is 15.2. The van der Waals surface area contributed by atoms with E-state index in [1.54, 1.807) is 0 Å². The van der Waals surface area contributed by atoms with E-state index in [0.29, 0.717) is 0 Å².